The molecular formula is C13H10Cl2N2OS. The second-order valence-electron chi connectivity index (χ2n) is 4.01. The molecule has 0 saturated heterocycles. The summed E-state index contributed by atoms with van der Waals surface area (Å²) < 4.78 is 7.65. The molecule has 0 fully saturated rings. The minimum atomic E-state index is 0.397. The molecule has 0 amide bonds. The topological polar surface area (TPSA) is 26.5 Å². The van der Waals surface area contributed by atoms with Gasteiger partial charge in [-0.2, -0.15) is 0 Å². The molecule has 2 heterocycles. The van der Waals surface area contributed by atoms with Crippen LogP contribution in [0.4, 0.5) is 0 Å². The van der Waals surface area contributed by atoms with Gasteiger partial charge in [-0.25, -0.2) is 4.98 Å². The van der Waals surface area contributed by atoms with Crippen molar-refractivity contribution in [2.45, 2.75) is 12.5 Å². The average molecular weight is 313 g/mol. The number of ether oxygens (including phenoxy) is 1. The van der Waals surface area contributed by atoms with Crippen molar-refractivity contribution in [2.75, 3.05) is 0 Å². The van der Waals surface area contributed by atoms with Gasteiger partial charge < -0.3 is 4.74 Å². The summed E-state index contributed by atoms with van der Waals surface area (Å²) in [6.07, 6.45) is 3.92. The molecule has 0 saturated carbocycles. The van der Waals surface area contributed by atoms with E-state index < -0.39 is 0 Å². The van der Waals surface area contributed by atoms with Gasteiger partial charge in [0.2, 0.25) is 0 Å². The van der Waals surface area contributed by atoms with Crippen LogP contribution < -0.4 is 4.74 Å². The van der Waals surface area contributed by atoms with Gasteiger partial charge in [-0.05, 0) is 17.7 Å². The molecule has 0 atom stereocenters. The summed E-state index contributed by atoms with van der Waals surface area (Å²) in [5.41, 5.74) is 1.85. The Bertz CT molecular complexity index is 679. The zero-order valence-electron chi connectivity index (χ0n) is 9.85. The first kappa shape index (κ1) is 12.8. The fourth-order valence-corrected chi connectivity index (χ4v) is 2.88. The van der Waals surface area contributed by atoms with Crippen molar-refractivity contribution in [3.8, 4) is 5.75 Å². The van der Waals surface area contributed by atoms with Crippen LogP contribution in [0.15, 0.2) is 36.0 Å². The maximum Gasteiger partial charge on any atom is 0.193 e. The Morgan fingerprint density at radius 2 is 2.26 bits per heavy atom. The molecule has 0 aliphatic carbocycles. The molecule has 0 aliphatic heterocycles. The standard InChI is InChI=1S/C13H10Cl2N2OS/c14-6-9-1-2-12(11(15)5-9)18-8-10-7-17-3-4-19-13(17)16-10/h1-5,7H,6,8H2. The average Bonchev–Trinajstić information content (AvgIpc) is 2.98. The number of thiazole rings is 1. The highest BCUT2D eigenvalue weighted by atomic mass is 35.5. The normalized spacial score (nSPS) is 11.1. The minimum Gasteiger partial charge on any atom is -0.486 e. The van der Waals surface area contributed by atoms with Crippen molar-refractivity contribution in [2.24, 2.45) is 0 Å². The summed E-state index contributed by atoms with van der Waals surface area (Å²) in [6, 6.07) is 5.55. The fourth-order valence-electron chi connectivity index (χ4n) is 1.74. The van der Waals surface area contributed by atoms with Gasteiger partial charge in [0.25, 0.3) is 0 Å². The molecule has 0 spiro atoms. The molecule has 1 aromatic carbocycles. The number of fused-ring (bicyclic) bond motifs is 1. The van der Waals surface area contributed by atoms with Crippen LogP contribution in [0, 0.1) is 0 Å². The van der Waals surface area contributed by atoms with Crippen molar-refractivity contribution >= 4 is 39.5 Å². The second kappa shape index (κ2) is 5.41. The van der Waals surface area contributed by atoms with E-state index in [1.165, 1.54) is 0 Å². The molecule has 3 rings (SSSR count). The molecule has 0 bridgehead atoms. The monoisotopic (exact) mass is 312 g/mol. The van der Waals surface area contributed by atoms with Crippen molar-refractivity contribution in [3.05, 3.63) is 52.3 Å². The van der Waals surface area contributed by atoms with Crippen LogP contribution in [0.1, 0.15) is 11.3 Å². The van der Waals surface area contributed by atoms with Gasteiger partial charge >= 0.3 is 0 Å². The Morgan fingerprint density at radius 1 is 1.37 bits per heavy atom. The lowest BCUT2D eigenvalue weighted by atomic mass is 10.2. The zero-order valence-corrected chi connectivity index (χ0v) is 12.2. The summed E-state index contributed by atoms with van der Waals surface area (Å²) in [6.45, 7) is 0.397. The van der Waals surface area contributed by atoms with Crippen LogP contribution in [0.2, 0.25) is 5.02 Å². The first-order chi connectivity index (χ1) is 9.26. The van der Waals surface area contributed by atoms with Gasteiger partial charge in [0.05, 0.1) is 10.7 Å². The maximum absolute atomic E-state index is 6.12. The van der Waals surface area contributed by atoms with Crippen molar-refractivity contribution in [1.29, 1.82) is 0 Å². The highest BCUT2D eigenvalue weighted by Gasteiger charge is 2.06. The number of hydrogen-bond acceptors (Lipinski definition) is 3. The van der Waals surface area contributed by atoms with E-state index >= 15 is 0 Å². The Kier molecular flexibility index (Phi) is 3.64. The van der Waals surface area contributed by atoms with Crippen LogP contribution in [-0.2, 0) is 12.5 Å². The predicted octanol–water partition coefficient (Wildman–Crippen LogP) is 4.37. The largest absolute Gasteiger partial charge is 0.486 e. The van der Waals surface area contributed by atoms with Crippen LogP contribution in [-0.4, -0.2) is 9.38 Å². The van der Waals surface area contributed by atoms with E-state index in [1.807, 2.05) is 40.4 Å². The Balaban J connectivity index is 1.73. The van der Waals surface area contributed by atoms with Gasteiger partial charge in [-0.15, -0.1) is 22.9 Å². The fraction of sp³-hybridized carbons (Fsp3) is 0.154. The number of imidazole rings is 1. The molecule has 2 aromatic heterocycles. The van der Waals surface area contributed by atoms with Crippen LogP contribution in [0.3, 0.4) is 0 Å². The smallest absolute Gasteiger partial charge is 0.193 e. The predicted molar refractivity (Wildman–Crippen MR) is 78.4 cm³/mol. The summed E-state index contributed by atoms with van der Waals surface area (Å²) in [5.74, 6) is 1.09. The highest BCUT2D eigenvalue weighted by Crippen LogP contribution is 2.27. The van der Waals surface area contributed by atoms with Crippen LogP contribution in [0.25, 0.3) is 4.96 Å². The number of halogens is 2. The molecule has 19 heavy (non-hydrogen) atoms. The molecule has 0 radical (unpaired) electrons. The summed E-state index contributed by atoms with van der Waals surface area (Å²) >= 11 is 13.5. The molecule has 98 valence electrons. The molecule has 0 aliphatic rings. The van der Waals surface area contributed by atoms with E-state index in [2.05, 4.69) is 4.98 Å². The maximum atomic E-state index is 6.12. The molecule has 0 unspecified atom stereocenters. The Labute approximate surface area is 124 Å². The first-order valence-corrected chi connectivity index (χ1v) is 7.44. The first-order valence-electron chi connectivity index (χ1n) is 5.64. The van der Waals surface area contributed by atoms with E-state index in [0.717, 1.165) is 16.2 Å². The van der Waals surface area contributed by atoms with Gasteiger partial charge in [0.15, 0.2) is 4.96 Å². The van der Waals surface area contributed by atoms with E-state index in [1.54, 1.807) is 11.3 Å². The highest BCUT2D eigenvalue weighted by molar-refractivity contribution is 7.15. The van der Waals surface area contributed by atoms with Gasteiger partial charge in [-0.1, -0.05) is 17.7 Å². The Morgan fingerprint density at radius 3 is 3.00 bits per heavy atom. The second-order valence-corrected chi connectivity index (χ2v) is 5.56. The molecule has 3 nitrogen and oxygen atoms in total. The lowest BCUT2D eigenvalue weighted by molar-refractivity contribution is 0.302. The SMILES string of the molecule is ClCc1ccc(OCc2cn3ccsc3n2)c(Cl)c1. The lowest BCUT2D eigenvalue weighted by Gasteiger charge is -2.07. The van der Waals surface area contributed by atoms with E-state index in [4.69, 9.17) is 27.9 Å². The van der Waals surface area contributed by atoms with Gasteiger partial charge in [0, 0.05) is 23.7 Å². The Hall–Kier alpha value is -1.23. The summed E-state index contributed by atoms with van der Waals surface area (Å²) in [4.78, 5) is 5.40. The van der Waals surface area contributed by atoms with Gasteiger partial charge in [-0.3, -0.25) is 4.40 Å². The third kappa shape index (κ3) is 2.71. The molecular weight excluding hydrogens is 303 g/mol. The van der Waals surface area contributed by atoms with Crippen molar-refractivity contribution in [3.63, 3.8) is 0 Å². The number of benzene rings is 1. The summed E-state index contributed by atoms with van der Waals surface area (Å²) in [5, 5.41) is 2.56. The van der Waals surface area contributed by atoms with Crippen LogP contribution >= 0.6 is 34.5 Å². The zero-order chi connectivity index (χ0) is 13.2. The number of rotatable bonds is 4. The van der Waals surface area contributed by atoms with Crippen molar-refractivity contribution < 1.29 is 4.74 Å². The quantitative estimate of drug-likeness (QED) is 0.669. The van der Waals surface area contributed by atoms with E-state index in [0.29, 0.717) is 23.3 Å². The number of nitrogens with zero attached hydrogens (tertiary/aromatic N) is 2. The van der Waals surface area contributed by atoms with Gasteiger partial charge in [0.1, 0.15) is 12.4 Å². The molecule has 3 aromatic rings. The summed E-state index contributed by atoms with van der Waals surface area (Å²) in [7, 11) is 0. The van der Waals surface area contributed by atoms with E-state index in [9.17, 15) is 0 Å². The minimum absolute atomic E-state index is 0.397. The number of alkyl halides is 1. The van der Waals surface area contributed by atoms with E-state index in [-0.39, 0.29) is 0 Å². The lowest BCUT2D eigenvalue weighted by Crippen LogP contribution is -1.96. The third-order valence-corrected chi connectivity index (χ3v) is 4.04. The molecule has 6 heteroatoms. The van der Waals surface area contributed by atoms with Crippen molar-refractivity contribution in [1.82, 2.24) is 9.38 Å². The number of aromatic nitrogens is 2. The third-order valence-electron chi connectivity index (χ3n) is 2.67. The molecule has 0 N–H and O–H groups in total. The number of hydrogen-bond donors (Lipinski definition) is 0. The van der Waals surface area contributed by atoms with Crippen LogP contribution in [0.5, 0.6) is 5.75 Å².